The SMILES string of the molecule is CC(C)(C)c1nc2cc(NC(=O)CSCC(=O)Nc3ccc(F)cc3)ccc2o1. The molecule has 152 valence electrons. The fraction of sp³-hybridized carbons (Fsp3) is 0.286. The predicted octanol–water partition coefficient (Wildman–Crippen LogP) is 4.57. The molecule has 0 spiro atoms. The monoisotopic (exact) mass is 415 g/mol. The Hall–Kier alpha value is -2.87. The summed E-state index contributed by atoms with van der Waals surface area (Å²) in [7, 11) is 0. The number of hydrogen-bond donors (Lipinski definition) is 2. The number of halogens is 1. The van der Waals surface area contributed by atoms with E-state index >= 15 is 0 Å². The summed E-state index contributed by atoms with van der Waals surface area (Å²) >= 11 is 1.19. The van der Waals surface area contributed by atoms with Gasteiger partial charge in [0.25, 0.3) is 0 Å². The minimum absolute atomic E-state index is 0.113. The van der Waals surface area contributed by atoms with Crippen LogP contribution >= 0.6 is 11.8 Å². The van der Waals surface area contributed by atoms with Crippen LogP contribution in [-0.4, -0.2) is 28.3 Å². The molecule has 0 saturated carbocycles. The highest BCUT2D eigenvalue weighted by atomic mass is 32.2. The zero-order valence-corrected chi connectivity index (χ0v) is 17.2. The summed E-state index contributed by atoms with van der Waals surface area (Å²) in [6.07, 6.45) is 0. The number of amides is 2. The molecule has 6 nitrogen and oxygen atoms in total. The molecule has 0 fully saturated rings. The van der Waals surface area contributed by atoms with Gasteiger partial charge in [-0.3, -0.25) is 9.59 Å². The van der Waals surface area contributed by atoms with Gasteiger partial charge in [0.1, 0.15) is 11.3 Å². The van der Waals surface area contributed by atoms with Crippen molar-refractivity contribution in [1.29, 1.82) is 0 Å². The van der Waals surface area contributed by atoms with E-state index < -0.39 is 0 Å². The maximum atomic E-state index is 12.9. The quantitative estimate of drug-likeness (QED) is 0.616. The molecule has 0 aliphatic rings. The summed E-state index contributed by atoms with van der Waals surface area (Å²) in [6, 6.07) is 10.8. The summed E-state index contributed by atoms with van der Waals surface area (Å²) in [5, 5.41) is 5.45. The zero-order chi connectivity index (χ0) is 21.0. The molecule has 29 heavy (non-hydrogen) atoms. The molecule has 0 atom stereocenters. The van der Waals surface area contributed by atoms with Gasteiger partial charge in [0, 0.05) is 16.8 Å². The van der Waals surface area contributed by atoms with Gasteiger partial charge in [-0.15, -0.1) is 11.8 Å². The molecule has 2 amide bonds. The lowest BCUT2D eigenvalue weighted by atomic mass is 9.97. The number of oxazole rings is 1. The summed E-state index contributed by atoms with van der Waals surface area (Å²) < 4.78 is 18.6. The average molecular weight is 415 g/mol. The van der Waals surface area contributed by atoms with E-state index in [-0.39, 0.29) is 34.6 Å². The highest BCUT2D eigenvalue weighted by molar-refractivity contribution is 8.00. The number of benzene rings is 2. The van der Waals surface area contributed by atoms with Crippen LogP contribution in [0.4, 0.5) is 15.8 Å². The van der Waals surface area contributed by atoms with Crippen molar-refractivity contribution in [3.63, 3.8) is 0 Å². The Bertz CT molecular complexity index is 1030. The van der Waals surface area contributed by atoms with Crippen LogP contribution in [0.2, 0.25) is 0 Å². The molecule has 0 bridgehead atoms. The topological polar surface area (TPSA) is 84.2 Å². The first kappa shape index (κ1) is 20.9. The molecular weight excluding hydrogens is 393 g/mol. The van der Waals surface area contributed by atoms with E-state index in [1.807, 2.05) is 20.8 Å². The van der Waals surface area contributed by atoms with Gasteiger partial charge in [0.2, 0.25) is 17.7 Å². The first-order chi connectivity index (χ1) is 13.7. The van der Waals surface area contributed by atoms with Crippen molar-refractivity contribution in [3.8, 4) is 0 Å². The zero-order valence-electron chi connectivity index (χ0n) is 16.4. The van der Waals surface area contributed by atoms with Crippen molar-refractivity contribution in [3.05, 3.63) is 54.2 Å². The molecule has 0 unspecified atom stereocenters. The van der Waals surface area contributed by atoms with Crippen LogP contribution in [0, 0.1) is 5.82 Å². The van der Waals surface area contributed by atoms with Crippen molar-refractivity contribution >= 4 is 46.1 Å². The van der Waals surface area contributed by atoms with Crippen LogP contribution in [0.15, 0.2) is 46.9 Å². The van der Waals surface area contributed by atoms with Crippen LogP contribution in [-0.2, 0) is 15.0 Å². The fourth-order valence-electron chi connectivity index (χ4n) is 2.49. The van der Waals surface area contributed by atoms with Gasteiger partial charge >= 0.3 is 0 Å². The summed E-state index contributed by atoms with van der Waals surface area (Å²) in [6.45, 7) is 6.05. The van der Waals surface area contributed by atoms with Crippen LogP contribution in [0.25, 0.3) is 11.1 Å². The third kappa shape index (κ3) is 5.80. The van der Waals surface area contributed by atoms with E-state index in [1.165, 1.54) is 36.0 Å². The van der Waals surface area contributed by atoms with Gasteiger partial charge < -0.3 is 15.1 Å². The van der Waals surface area contributed by atoms with Gasteiger partial charge in [-0.25, -0.2) is 9.37 Å². The minimum Gasteiger partial charge on any atom is -0.440 e. The predicted molar refractivity (Wildman–Crippen MR) is 114 cm³/mol. The number of carbonyl (C=O) groups is 2. The largest absolute Gasteiger partial charge is 0.440 e. The van der Waals surface area contributed by atoms with Crippen LogP contribution < -0.4 is 10.6 Å². The molecule has 0 aliphatic heterocycles. The molecular formula is C21H22FN3O3S. The second kappa shape index (κ2) is 8.65. The van der Waals surface area contributed by atoms with Gasteiger partial charge in [-0.1, -0.05) is 20.8 Å². The van der Waals surface area contributed by atoms with Gasteiger partial charge in [-0.2, -0.15) is 0 Å². The Morgan fingerprint density at radius 3 is 2.21 bits per heavy atom. The van der Waals surface area contributed by atoms with E-state index in [4.69, 9.17) is 4.42 Å². The number of hydrogen-bond acceptors (Lipinski definition) is 5. The molecule has 0 aliphatic carbocycles. The molecule has 2 aromatic carbocycles. The standard InChI is InChI=1S/C21H22FN3O3S/c1-21(2,3)20-25-16-10-15(8-9-17(16)28-20)24-19(27)12-29-11-18(26)23-14-6-4-13(22)5-7-14/h4-10H,11-12H2,1-3H3,(H,23,26)(H,24,27). The number of rotatable bonds is 6. The minimum atomic E-state index is -0.368. The molecule has 1 aromatic heterocycles. The Morgan fingerprint density at radius 1 is 1.00 bits per heavy atom. The number of anilines is 2. The van der Waals surface area contributed by atoms with Gasteiger partial charge in [0.05, 0.1) is 11.5 Å². The van der Waals surface area contributed by atoms with Crippen molar-refractivity contribution in [2.45, 2.75) is 26.2 Å². The average Bonchev–Trinajstić information content (AvgIpc) is 3.07. The number of aromatic nitrogens is 1. The van der Waals surface area contributed by atoms with Crippen molar-refractivity contribution in [1.82, 2.24) is 4.98 Å². The lowest BCUT2D eigenvalue weighted by Gasteiger charge is -2.11. The molecule has 1 heterocycles. The highest BCUT2D eigenvalue weighted by Gasteiger charge is 2.21. The van der Waals surface area contributed by atoms with E-state index in [9.17, 15) is 14.0 Å². The maximum Gasteiger partial charge on any atom is 0.234 e. The number of thioether (sulfide) groups is 1. The molecule has 0 radical (unpaired) electrons. The van der Waals surface area contributed by atoms with Crippen LogP contribution in [0.1, 0.15) is 26.7 Å². The summed E-state index contributed by atoms with van der Waals surface area (Å²) in [4.78, 5) is 28.5. The smallest absolute Gasteiger partial charge is 0.234 e. The van der Waals surface area contributed by atoms with Crippen LogP contribution in [0.3, 0.4) is 0 Å². The highest BCUT2D eigenvalue weighted by Crippen LogP contribution is 2.27. The first-order valence-corrected chi connectivity index (χ1v) is 10.2. The summed E-state index contributed by atoms with van der Waals surface area (Å²) in [5.41, 5.74) is 2.27. The third-order valence-corrected chi connectivity index (χ3v) is 4.84. The van der Waals surface area contributed by atoms with Gasteiger partial charge in [-0.05, 0) is 42.5 Å². The second-order valence-electron chi connectivity index (χ2n) is 7.55. The first-order valence-electron chi connectivity index (χ1n) is 9.05. The lowest BCUT2D eigenvalue weighted by molar-refractivity contribution is -0.114. The maximum absolute atomic E-state index is 12.9. The Morgan fingerprint density at radius 2 is 1.59 bits per heavy atom. The van der Waals surface area contributed by atoms with Crippen LogP contribution in [0.5, 0.6) is 0 Å². The normalized spacial score (nSPS) is 11.4. The van der Waals surface area contributed by atoms with Gasteiger partial charge in [0.15, 0.2) is 5.58 Å². The van der Waals surface area contributed by atoms with E-state index in [1.54, 1.807) is 18.2 Å². The number of nitrogens with one attached hydrogen (secondary N) is 2. The number of nitrogens with zero attached hydrogens (tertiary/aromatic N) is 1. The molecule has 8 heteroatoms. The second-order valence-corrected chi connectivity index (χ2v) is 8.53. The van der Waals surface area contributed by atoms with E-state index in [0.717, 1.165) is 0 Å². The molecule has 0 saturated heterocycles. The summed E-state index contributed by atoms with van der Waals surface area (Å²) in [5.74, 6) is 0.0333. The molecule has 3 rings (SSSR count). The lowest BCUT2D eigenvalue weighted by Crippen LogP contribution is -2.18. The Balaban J connectivity index is 1.48. The fourth-order valence-corrected chi connectivity index (χ4v) is 3.11. The van der Waals surface area contributed by atoms with Crippen molar-refractivity contribution in [2.75, 3.05) is 22.1 Å². The van der Waals surface area contributed by atoms with E-state index in [0.29, 0.717) is 28.4 Å². The van der Waals surface area contributed by atoms with Crippen molar-refractivity contribution < 1.29 is 18.4 Å². The number of carbonyl (C=O) groups excluding carboxylic acids is 2. The Kier molecular flexibility index (Phi) is 6.22. The molecule has 3 aromatic rings. The third-order valence-electron chi connectivity index (χ3n) is 3.91. The van der Waals surface area contributed by atoms with E-state index in [2.05, 4.69) is 15.6 Å². The number of fused-ring (bicyclic) bond motifs is 1. The molecule has 2 N–H and O–H groups in total. The van der Waals surface area contributed by atoms with Crippen molar-refractivity contribution in [2.24, 2.45) is 0 Å². The Labute approximate surface area is 172 Å².